The Morgan fingerprint density at radius 1 is 0.917 bits per heavy atom. The number of halogens is 2. The van der Waals surface area contributed by atoms with E-state index in [2.05, 4.69) is 10.2 Å². The molecule has 1 aliphatic rings. The molecule has 0 aliphatic carbocycles. The minimum Gasteiger partial charge on any atom is -0.496 e. The minimum atomic E-state index is -0.411. The molecule has 0 radical (unpaired) electrons. The first-order valence-corrected chi connectivity index (χ1v) is 12.5. The third kappa shape index (κ3) is 6.07. The predicted molar refractivity (Wildman–Crippen MR) is 144 cm³/mol. The summed E-state index contributed by atoms with van der Waals surface area (Å²) in [5.74, 6) is 0.258. The summed E-state index contributed by atoms with van der Waals surface area (Å²) >= 11 is 12.2. The van der Waals surface area contributed by atoms with E-state index < -0.39 is 5.91 Å². The molecule has 0 unspecified atom stereocenters. The lowest BCUT2D eigenvalue weighted by atomic mass is 9.96. The highest BCUT2D eigenvalue weighted by Gasteiger charge is 2.21. The van der Waals surface area contributed by atoms with E-state index in [1.165, 1.54) is 19.6 Å². The molecule has 3 aromatic rings. The van der Waals surface area contributed by atoms with Crippen molar-refractivity contribution in [3.63, 3.8) is 0 Å². The van der Waals surface area contributed by atoms with Gasteiger partial charge in [-0.3, -0.25) is 15.0 Å². The molecule has 0 aromatic heterocycles. The second kappa shape index (κ2) is 11.6. The molecule has 186 valence electrons. The quantitative estimate of drug-likeness (QED) is 0.210. The Kier molecular flexibility index (Phi) is 8.28. The Morgan fingerprint density at radius 2 is 1.56 bits per heavy atom. The van der Waals surface area contributed by atoms with Crippen LogP contribution in [0, 0.1) is 5.41 Å². The number of hydrogen-bond donors (Lipinski definition) is 2. The van der Waals surface area contributed by atoms with Gasteiger partial charge < -0.3 is 15.0 Å². The van der Waals surface area contributed by atoms with Crippen molar-refractivity contribution in [2.45, 2.75) is 25.7 Å². The van der Waals surface area contributed by atoms with Gasteiger partial charge in [0.1, 0.15) is 11.6 Å². The minimum absolute atomic E-state index is 0.0490. The average Bonchev–Trinajstić information content (AvgIpc) is 2.90. The number of benzene rings is 3. The van der Waals surface area contributed by atoms with Gasteiger partial charge in [-0.05, 0) is 55.7 Å². The van der Waals surface area contributed by atoms with Gasteiger partial charge in [-0.15, -0.1) is 0 Å². The lowest BCUT2D eigenvalue weighted by Gasteiger charge is -2.29. The average molecular weight is 524 g/mol. The van der Waals surface area contributed by atoms with Crippen molar-refractivity contribution < 1.29 is 14.3 Å². The van der Waals surface area contributed by atoms with E-state index >= 15 is 0 Å². The van der Waals surface area contributed by atoms with Crippen LogP contribution in [0.4, 0.5) is 5.69 Å². The molecule has 2 N–H and O–H groups in total. The van der Waals surface area contributed by atoms with Gasteiger partial charge in [0, 0.05) is 57.5 Å². The van der Waals surface area contributed by atoms with Gasteiger partial charge in [0.15, 0.2) is 5.78 Å². The number of carbonyl (C=O) groups excluding carboxylic acids is 2. The molecule has 0 spiro atoms. The molecule has 4 rings (SSSR count). The highest BCUT2D eigenvalue weighted by Crippen LogP contribution is 2.30. The topological polar surface area (TPSA) is 82.5 Å². The molecule has 1 saturated heterocycles. The lowest BCUT2D eigenvalue weighted by Crippen LogP contribution is -2.35. The van der Waals surface area contributed by atoms with Gasteiger partial charge >= 0.3 is 0 Å². The summed E-state index contributed by atoms with van der Waals surface area (Å²) in [5, 5.41) is 12.2. The number of amides is 1. The largest absolute Gasteiger partial charge is 0.496 e. The number of methoxy groups -OCH3 is 1. The Labute approximate surface area is 220 Å². The first-order valence-electron chi connectivity index (χ1n) is 11.8. The predicted octanol–water partition coefficient (Wildman–Crippen LogP) is 6.49. The lowest BCUT2D eigenvalue weighted by molar-refractivity contribution is 0.0991. The van der Waals surface area contributed by atoms with Crippen LogP contribution in [-0.4, -0.2) is 42.6 Å². The van der Waals surface area contributed by atoms with E-state index in [0.29, 0.717) is 38.4 Å². The summed E-state index contributed by atoms with van der Waals surface area (Å²) in [7, 11) is 1.47. The van der Waals surface area contributed by atoms with E-state index in [1.54, 1.807) is 54.6 Å². The number of ether oxygens (including phenoxy) is 1. The fraction of sp³-hybridized carbons (Fsp3) is 0.250. The SMILES string of the molecule is COc1cc(Cl)cc(C(=O)Nc2ccc(Cl)cc2)c1CC(=O)c1ccc(C(=N)N2CCCCC2)cc1. The number of carbonyl (C=O) groups is 2. The third-order valence-corrected chi connectivity index (χ3v) is 6.70. The van der Waals surface area contributed by atoms with Crippen molar-refractivity contribution in [1.29, 1.82) is 5.41 Å². The second-order valence-electron chi connectivity index (χ2n) is 8.67. The first kappa shape index (κ1) is 25.7. The van der Waals surface area contributed by atoms with Crippen molar-refractivity contribution in [2.24, 2.45) is 0 Å². The Bertz CT molecular complexity index is 1270. The van der Waals surface area contributed by atoms with Crippen LogP contribution in [0.1, 0.15) is 51.1 Å². The zero-order valence-corrected chi connectivity index (χ0v) is 21.5. The molecule has 0 bridgehead atoms. The van der Waals surface area contributed by atoms with Gasteiger partial charge in [0.25, 0.3) is 5.91 Å². The molecule has 1 amide bonds. The molecule has 1 fully saturated rings. The zero-order chi connectivity index (χ0) is 25.7. The number of amidine groups is 1. The van der Waals surface area contributed by atoms with E-state index in [0.717, 1.165) is 31.5 Å². The fourth-order valence-corrected chi connectivity index (χ4v) is 4.62. The molecule has 1 aliphatic heterocycles. The summed E-state index contributed by atoms with van der Waals surface area (Å²) in [6.45, 7) is 1.77. The van der Waals surface area contributed by atoms with Crippen LogP contribution in [0.2, 0.25) is 10.0 Å². The van der Waals surface area contributed by atoms with Gasteiger partial charge in [-0.1, -0.05) is 47.5 Å². The summed E-state index contributed by atoms with van der Waals surface area (Å²) in [5.41, 5.74) is 2.54. The number of nitrogens with one attached hydrogen (secondary N) is 2. The molecule has 0 saturated carbocycles. The van der Waals surface area contributed by atoms with Gasteiger partial charge in [0.05, 0.1) is 7.11 Å². The summed E-state index contributed by atoms with van der Waals surface area (Å²) in [4.78, 5) is 28.4. The molecule has 6 nitrogen and oxygen atoms in total. The Morgan fingerprint density at radius 3 is 2.19 bits per heavy atom. The van der Waals surface area contributed by atoms with Crippen molar-refractivity contribution in [3.8, 4) is 5.75 Å². The molecule has 8 heteroatoms. The summed E-state index contributed by atoms with van der Waals surface area (Å²) < 4.78 is 5.47. The fourth-order valence-electron chi connectivity index (χ4n) is 4.29. The summed E-state index contributed by atoms with van der Waals surface area (Å²) in [6.07, 6.45) is 3.34. The number of piperidine rings is 1. The third-order valence-electron chi connectivity index (χ3n) is 6.23. The van der Waals surface area contributed by atoms with Crippen LogP contribution in [0.5, 0.6) is 5.75 Å². The van der Waals surface area contributed by atoms with Crippen molar-refractivity contribution in [3.05, 3.63) is 93.0 Å². The Hall–Kier alpha value is -3.35. The number of Topliss-reactive ketones (excluding diaryl/α,β-unsaturated/α-hetero) is 1. The standard InChI is InChI=1S/C28H27Cl2N3O3/c1-36-26-16-21(30)15-24(28(35)32-22-11-9-20(29)10-12-22)23(26)17-25(34)18-5-7-19(8-6-18)27(31)33-13-3-2-4-14-33/h5-12,15-16,31H,2-4,13-14,17H2,1H3,(H,32,35). The number of likely N-dealkylation sites (tertiary alicyclic amines) is 1. The number of anilines is 1. The zero-order valence-electron chi connectivity index (χ0n) is 19.9. The molecular formula is C28H27Cl2N3O3. The maximum atomic E-state index is 13.2. The van der Waals surface area contributed by atoms with E-state index in [-0.39, 0.29) is 17.8 Å². The first-order chi connectivity index (χ1) is 17.4. The highest BCUT2D eigenvalue weighted by atomic mass is 35.5. The van der Waals surface area contributed by atoms with E-state index in [1.807, 2.05) is 0 Å². The van der Waals surface area contributed by atoms with Crippen LogP contribution < -0.4 is 10.1 Å². The molecule has 0 atom stereocenters. The van der Waals surface area contributed by atoms with Crippen LogP contribution in [0.25, 0.3) is 0 Å². The Balaban J connectivity index is 1.55. The van der Waals surface area contributed by atoms with Crippen LogP contribution in [-0.2, 0) is 6.42 Å². The molecule has 3 aromatic carbocycles. The van der Waals surface area contributed by atoms with Crippen LogP contribution in [0.3, 0.4) is 0 Å². The van der Waals surface area contributed by atoms with Gasteiger partial charge in [-0.25, -0.2) is 0 Å². The highest BCUT2D eigenvalue weighted by molar-refractivity contribution is 6.31. The molecule has 36 heavy (non-hydrogen) atoms. The number of nitrogens with zero attached hydrogens (tertiary/aromatic N) is 1. The number of ketones is 1. The smallest absolute Gasteiger partial charge is 0.256 e. The maximum absolute atomic E-state index is 13.2. The van der Waals surface area contributed by atoms with Crippen molar-refractivity contribution in [2.75, 3.05) is 25.5 Å². The van der Waals surface area contributed by atoms with Gasteiger partial charge in [-0.2, -0.15) is 0 Å². The molecular weight excluding hydrogens is 497 g/mol. The molecule has 1 heterocycles. The van der Waals surface area contributed by atoms with E-state index in [4.69, 9.17) is 33.3 Å². The number of hydrogen-bond acceptors (Lipinski definition) is 4. The maximum Gasteiger partial charge on any atom is 0.256 e. The summed E-state index contributed by atoms with van der Waals surface area (Å²) in [6, 6.07) is 16.9. The van der Waals surface area contributed by atoms with Gasteiger partial charge in [0.2, 0.25) is 0 Å². The second-order valence-corrected chi connectivity index (χ2v) is 9.54. The van der Waals surface area contributed by atoms with Crippen LogP contribution >= 0.6 is 23.2 Å². The monoisotopic (exact) mass is 523 g/mol. The van der Waals surface area contributed by atoms with E-state index in [9.17, 15) is 9.59 Å². The van der Waals surface area contributed by atoms with Crippen LogP contribution in [0.15, 0.2) is 60.7 Å². The van der Waals surface area contributed by atoms with Crippen molar-refractivity contribution in [1.82, 2.24) is 4.90 Å². The number of rotatable bonds is 7. The normalized spacial score (nSPS) is 13.2. The van der Waals surface area contributed by atoms with Crippen molar-refractivity contribution >= 4 is 46.4 Å².